The van der Waals surface area contributed by atoms with Gasteiger partial charge in [0.25, 0.3) is 0 Å². The van der Waals surface area contributed by atoms with Crippen LogP contribution in [-0.4, -0.2) is 98.0 Å². The lowest BCUT2D eigenvalue weighted by Gasteiger charge is -2.38. The van der Waals surface area contributed by atoms with Crippen molar-refractivity contribution in [3.05, 3.63) is 0 Å². The predicted octanol–water partition coefficient (Wildman–Crippen LogP) is 1.20. The molecule has 1 amide bonds. The van der Waals surface area contributed by atoms with Crippen LogP contribution in [0.15, 0.2) is 0 Å². The highest BCUT2D eigenvalue weighted by Gasteiger charge is 2.26. The second kappa shape index (κ2) is 8.63. The molecule has 0 aliphatic carbocycles. The number of hydrogen-bond donors (Lipinski definition) is 0. The van der Waals surface area contributed by atoms with Crippen molar-refractivity contribution in [3.63, 3.8) is 0 Å². The number of carbonyl (C=O) groups excluding carboxylic acids is 1. The zero-order valence-corrected chi connectivity index (χ0v) is 15.8. The minimum Gasteiger partial charge on any atom is -0.342 e. The molecule has 24 heavy (non-hydrogen) atoms. The Morgan fingerprint density at radius 2 is 1.46 bits per heavy atom. The van der Waals surface area contributed by atoms with Gasteiger partial charge in [-0.3, -0.25) is 9.69 Å². The SMILES string of the molecule is CC1CCN(C(=O)CN2CCC(CN3CCN(C)CC3)CC2)CC1. The third kappa shape index (κ3) is 5.17. The first-order valence-corrected chi connectivity index (χ1v) is 10.0. The zero-order valence-electron chi connectivity index (χ0n) is 15.8. The molecular formula is C19H36N4O. The van der Waals surface area contributed by atoms with Crippen LogP contribution < -0.4 is 0 Å². The van der Waals surface area contributed by atoms with E-state index >= 15 is 0 Å². The molecule has 0 unspecified atom stereocenters. The van der Waals surface area contributed by atoms with E-state index in [-0.39, 0.29) is 0 Å². The lowest BCUT2D eigenvalue weighted by atomic mass is 9.95. The normalized spacial score (nSPS) is 26.8. The molecule has 5 nitrogen and oxygen atoms in total. The van der Waals surface area contributed by atoms with Crippen molar-refractivity contribution >= 4 is 5.91 Å². The van der Waals surface area contributed by atoms with E-state index in [2.05, 4.69) is 33.6 Å². The lowest BCUT2D eigenvalue weighted by molar-refractivity contribution is -0.134. The van der Waals surface area contributed by atoms with E-state index in [9.17, 15) is 4.79 Å². The molecule has 3 heterocycles. The van der Waals surface area contributed by atoms with Crippen LogP contribution in [0.5, 0.6) is 0 Å². The standard InChI is InChI=1S/C19H36N4O/c1-17-3-9-23(10-4-17)19(24)16-21-7-5-18(6-8-21)15-22-13-11-20(2)12-14-22/h17-18H,3-16H2,1-2H3. The number of hydrogen-bond acceptors (Lipinski definition) is 4. The van der Waals surface area contributed by atoms with Crippen LogP contribution in [0, 0.1) is 11.8 Å². The highest BCUT2D eigenvalue weighted by Crippen LogP contribution is 2.20. The average Bonchev–Trinajstić information content (AvgIpc) is 2.59. The molecule has 3 saturated heterocycles. The van der Waals surface area contributed by atoms with Gasteiger partial charge in [-0.2, -0.15) is 0 Å². The fourth-order valence-corrected chi connectivity index (χ4v) is 4.27. The molecule has 3 aliphatic rings. The number of carbonyl (C=O) groups is 1. The Morgan fingerprint density at radius 3 is 2.08 bits per heavy atom. The predicted molar refractivity (Wildman–Crippen MR) is 98.1 cm³/mol. The van der Waals surface area contributed by atoms with Crippen LogP contribution in [0.3, 0.4) is 0 Å². The summed E-state index contributed by atoms with van der Waals surface area (Å²) in [6.45, 7) is 13.2. The molecule has 0 aromatic carbocycles. The van der Waals surface area contributed by atoms with Gasteiger partial charge in [-0.1, -0.05) is 6.92 Å². The Morgan fingerprint density at radius 1 is 0.833 bits per heavy atom. The van der Waals surface area contributed by atoms with Gasteiger partial charge >= 0.3 is 0 Å². The Labute approximate surface area is 147 Å². The smallest absolute Gasteiger partial charge is 0.236 e. The van der Waals surface area contributed by atoms with Gasteiger partial charge in [0.1, 0.15) is 0 Å². The number of piperidine rings is 2. The fourth-order valence-electron chi connectivity index (χ4n) is 4.27. The molecule has 0 N–H and O–H groups in total. The molecule has 3 aliphatic heterocycles. The summed E-state index contributed by atoms with van der Waals surface area (Å²) in [4.78, 5) is 22.0. The van der Waals surface area contributed by atoms with Gasteiger partial charge in [-0.25, -0.2) is 0 Å². The first kappa shape index (κ1) is 18.2. The van der Waals surface area contributed by atoms with Crippen LogP contribution >= 0.6 is 0 Å². The van der Waals surface area contributed by atoms with Crippen LogP contribution in [0.4, 0.5) is 0 Å². The van der Waals surface area contributed by atoms with Gasteiger partial charge in [0.2, 0.25) is 5.91 Å². The van der Waals surface area contributed by atoms with Crippen molar-refractivity contribution in [2.24, 2.45) is 11.8 Å². The Bertz CT molecular complexity index is 392. The quantitative estimate of drug-likeness (QED) is 0.772. The van der Waals surface area contributed by atoms with E-state index < -0.39 is 0 Å². The minimum absolute atomic E-state index is 0.361. The van der Waals surface area contributed by atoms with Crippen molar-refractivity contribution in [3.8, 4) is 0 Å². The van der Waals surface area contributed by atoms with Crippen molar-refractivity contribution in [1.29, 1.82) is 0 Å². The van der Waals surface area contributed by atoms with E-state index in [1.54, 1.807) is 0 Å². The van der Waals surface area contributed by atoms with Crippen LogP contribution in [0.2, 0.25) is 0 Å². The molecule has 0 radical (unpaired) electrons. The summed E-state index contributed by atoms with van der Waals surface area (Å²) in [5, 5.41) is 0. The van der Waals surface area contributed by atoms with Gasteiger partial charge in [0, 0.05) is 45.8 Å². The summed E-state index contributed by atoms with van der Waals surface area (Å²) in [7, 11) is 2.22. The van der Waals surface area contributed by atoms with Gasteiger partial charge in [0.05, 0.1) is 6.54 Å². The molecule has 0 atom stereocenters. The average molecular weight is 337 g/mol. The summed E-state index contributed by atoms with van der Waals surface area (Å²) in [6, 6.07) is 0. The van der Waals surface area contributed by atoms with E-state index in [1.165, 1.54) is 58.4 Å². The van der Waals surface area contributed by atoms with Gasteiger partial charge in [-0.05, 0) is 57.7 Å². The molecule has 0 saturated carbocycles. The van der Waals surface area contributed by atoms with Crippen molar-refractivity contribution in [2.45, 2.75) is 32.6 Å². The lowest BCUT2D eigenvalue weighted by Crippen LogP contribution is -2.49. The maximum atomic E-state index is 12.5. The molecule has 5 heteroatoms. The molecule has 138 valence electrons. The molecule has 0 aromatic heterocycles. The van der Waals surface area contributed by atoms with E-state index in [1.807, 2.05) is 0 Å². The summed E-state index contributed by atoms with van der Waals surface area (Å²) in [5.41, 5.74) is 0. The monoisotopic (exact) mass is 336 g/mol. The van der Waals surface area contributed by atoms with Gasteiger partial charge in [0.15, 0.2) is 0 Å². The molecular weight excluding hydrogens is 300 g/mol. The molecule has 3 fully saturated rings. The number of likely N-dealkylation sites (N-methyl/N-ethyl adjacent to an activating group) is 1. The topological polar surface area (TPSA) is 30.0 Å². The summed E-state index contributed by atoms with van der Waals surface area (Å²) in [5.74, 6) is 1.98. The highest BCUT2D eigenvalue weighted by atomic mass is 16.2. The minimum atomic E-state index is 0.361. The summed E-state index contributed by atoms with van der Waals surface area (Å²) in [6.07, 6.45) is 4.88. The number of amides is 1. The maximum absolute atomic E-state index is 12.5. The molecule has 3 rings (SSSR count). The fraction of sp³-hybridized carbons (Fsp3) is 0.947. The second-order valence-corrected chi connectivity index (χ2v) is 8.39. The second-order valence-electron chi connectivity index (χ2n) is 8.39. The van der Waals surface area contributed by atoms with Crippen LogP contribution in [0.1, 0.15) is 32.6 Å². The van der Waals surface area contributed by atoms with Crippen molar-refractivity contribution in [1.82, 2.24) is 19.6 Å². The van der Waals surface area contributed by atoms with E-state index in [4.69, 9.17) is 0 Å². The van der Waals surface area contributed by atoms with Crippen LogP contribution in [-0.2, 0) is 4.79 Å². The van der Waals surface area contributed by atoms with E-state index in [0.29, 0.717) is 12.5 Å². The zero-order chi connectivity index (χ0) is 16.9. The van der Waals surface area contributed by atoms with Crippen molar-refractivity contribution < 1.29 is 4.79 Å². The Hall–Kier alpha value is -0.650. The van der Waals surface area contributed by atoms with Gasteiger partial charge in [-0.15, -0.1) is 0 Å². The first-order valence-electron chi connectivity index (χ1n) is 10.0. The Kier molecular flexibility index (Phi) is 6.53. The summed E-state index contributed by atoms with van der Waals surface area (Å²) < 4.78 is 0. The number of nitrogens with zero attached hydrogens (tertiary/aromatic N) is 4. The first-order chi connectivity index (χ1) is 11.6. The summed E-state index contributed by atoms with van der Waals surface area (Å²) >= 11 is 0. The number of rotatable bonds is 4. The largest absolute Gasteiger partial charge is 0.342 e. The Balaban J connectivity index is 1.34. The molecule has 0 spiro atoms. The molecule has 0 bridgehead atoms. The van der Waals surface area contributed by atoms with Crippen LogP contribution in [0.25, 0.3) is 0 Å². The molecule has 0 aromatic rings. The third-order valence-corrected chi connectivity index (χ3v) is 6.31. The third-order valence-electron chi connectivity index (χ3n) is 6.31. The number of piperazine rings is 1. The van der Waals surface area contributed by atoms with E-state index in [0.717, 1.165) is 38.0 Å². The van der Waals surface area contributed by atoms with Gasteiger partial charge < -0.3 is 14.7 Å². The number of likely N-dealkylation sites (tertiary alicyclic amines) is 2. The van der Waals surface area contributed by atoms with Crippen molar-refractivity contribution in [2.75, 3.05) is 72.5 Å². The highest BCUT2D eigenvalue weighted by molar-refractivity contribution is 5.78. The maximum Gasteiger partial charge on any atom is 0.236 e.